The number of rotatable bonds is 5. The molecule has 26 heavy (non-hydrogen) atoms. The van der Waals surface area contributed by atoms with Crippen molar-refractivity contribution in [2.75, 3.05) is 50.1 Å². The molecule has 3 rings (SSSR count). The average Bonchev–Trinajstić information content (AvgIpc) is 2.61. The maximum Gasteiger partial charge on any atom is 0.238 e. The van der Waals surface area contributed by atoms with E-state index in [0.29, 0.717) is 6.54 Å². The number of nitrogens with zero attached hydrogens (tertiary/aromatic N) is 2. The van der Waals surface area contributed by atoms with Crippen LogP contribution in [0.2, 0.25) is 0 Å². The van der Waals surface area contributed by atoms with Crippen molar-refractivity contribution >= 4 is 17.3 Å². The summed E-state index contributed by atoms with van der Waals surface area (Å²) < 4.78 is 5.46. The van der Waals surface area contributed by atoms with Crippen LogP contribution < -0.4 is 15.0 Å². The molecule has 2 aromatic carbocycles. The molecule has 5 nitrogen and oxygen atoms in total. The second kappa shape index (κ2) is 8.23. The zero-order chi connectivity index (χ0) is 18.5. The average molecular weight is 353 g/mol. The Bertz CT molecular complexity index is 747. The van der Waals surface area contributed by atoms with Crippen LogP contribution in [-0.2, 0) is 4.79 Å². The van der Waals surface area contributed by atoms with Gasteiger partial charge in [0, 0.05) is 31.9 Å². The second-order valence-corrected chi connectivity index (χ2v) is 6.86. The van der Waals surface area contributed by atoms with Crippen molar-refractivity contribution < 1.29 is 9.53 Å². The first-order chi connectivity index (χ1) is 12.5. The van der Waals surface area contributed by atoms with Crippen molar-refractivity contribution in [3.63, 3.8) is 0 Å². The van der Waals surface area contributed by atoms with Crippen LogP contribution in [0.4, 0.5) is 11.4 Å². The number of aryl methyl sites for hydroxylation is 2. The van der Waals surface area contributed by atoms with Gasteiger partial charge in [0.05, 0.1) is 19.3 Å². The summed E-state index contributed by atoms with van der Waals surface area (Å²) in [6.45, 7) is 8.00. The Morgan fingerprint density at radius 2 is 1.69 bits per heavy atom. The monoisotopic (exact) mass is 353 g/mol. The molecule has 0 aliphatic carbocycles. The Morgan fingerprint density at radius 3 is 2.35 bits per heavy atom. The molecule has 2 aromatic rings. The highest BCUT2D eigenvalue weighted by molar-refractivity contribution is 5.92. The Hall–Kier alpha value is -2.53. The summed E-state index contributed by atoms with van der Waals surface area (Å²) in [4.78, 5) is 16.9. The third-order valence-electron chi connectivity index (χ3n) is 4.67. The van der Waals surface area contributed by atoms with Gasteiger partial charge in [0.15, 0.2) is 0 Å². The van der Waals surface area contributed by atoms with Gasteiger partial charge in [0.2, 0.25) is 5.91 Å². The zero-order valence-corrected chi connectivity index (χ0v) is 15.8. The molecule has 1 amide bonds. The predicted octanol–water partition coefficient (Wildman–Crippen LogP) is 3.07. The summed E-state index contributed by atoms with van der Waals surface area (Å²) in [6.07, 6.45) is 0. The Morgan fingerprint density at radius 1 is 1.04 bits per heavy atom. The lowest BCUT2D eigenvalue weighted by Gasteiger charge is -2.36. The number of carbonyl (C=O) groups excluding carboxylic acids is 1. The van der Waals surface area contributed by atoms with Crippen LogP contribution in [0, 0.1) is 13.8 Å². The quantitative estimate of drug-likeness (QED) is 0.897. The van der Waals surface area contributed by atoms with Crippen molar-refractivity contribution in [3.8, 4) is 5.75 Å². The van der Waals surface area contributed by atoms with Gasteiger partial charge in [-0.15, -0.1) is 0 Å². The third-order valence-corrected chi connectivity index (χ3v) is 4.67. The van der Waals surface area contributed by atoms with Crippen molar-refractivity contribution in [1.29, 1.82) is 0 Å². The van der Waals surface area contributed by atoms with Crippen LogP contribution in [0.5, 0.6) is 5.75 Å². The van der Waals surface area contributed by atoms with E-state index in [1.165, 1.54) is 0 Å². The minimum atomic E-state index is 0.0424. The standard InChI is InChI=1S/C21H27N3O2/c1-16-12-17(2)14-18(13-16)22-21(25)15-23-8-10-24(11-9-23)19-6-4-5-7-20(19)26-3/h4-7,12-14H,8-11,15H2,1-3H3,(H,22,25). The fraction of sp³-hybridized carbons (Fsp3) is 0.381. The third kappa shape index (κ3) is 4.55. The fourth-order valence-corrected chi connectivity index (χ4v) is 3.49. The highest BCUT2D eigenvalue weighted by Crippen LogP contribution is 2.28. The van der Waals surface area contributed by atoms with Crippen molar-refractivity contribution in [3.05, 3.63) is 53.6 Å². The van der Waals surface area contributed by atoms with E-state index in [1.54, 1.807) is 7.11 Å². The number of carbonyl (C=O) groups is 1. The molecule has 0 spiro atoms. The number of methoxy groups -OCH3 is 1. The molecule has 1 saturated heterocycles. The Balaban J connectivity index is 1.53. The molecule has 0 aromatic heterocycles. The fourth-order valence-electron chi connectivity index (χ4n) is 3.49. The zero-order valence-electron chi connectivity index (χ0n) is 15.8. The van der Waals surface area contributed by atoms with Crippen LogP contribution in [-0.4, -0.2) is 50.6 Å². The number of amides is 1. The molecular formula is C21H27N3O2. The maximum atomic E-state index is 12.4. The summed E-state index contributed by atoms with van der Waals surface area (Å²) in [6, 6.07) is 14.2. The Kier molecular flexibility index (Phi) is 5.78. The van der Waals surface area contributed by atoms with Gasteiger partial charge in [-0.25, -0.2) is 0 Å². The van der Waals surface area contributed by atoms with Gasteiger partial charge in [-0.1, -0.05) is 18.2 Å². The summed E-state index contributed by atoms with van der Waals surface area (Å²) in [5.74, 6) is 0.939. The molecular weight excluding hydrogens is 326 g/mol. The molecule has 0 saturated carbocycles. The number of ether oxygens (including phenoxy) is 1. The van der Waals surface area contributed by atoms with E-state index in [-0.39, 0.29) is 5.91 Å². The van der Waals surface area contributed by atoms with Gasteiger partial charge in [-0.05, 0) is 49.2 Å². The molecule has 1 aliphatic heterocycles. The lowest BCUT2D eigenvalue weighted by molar-refractivity contribution is -0.117. The summed E-state index contributed by atoms with van der Waals surface area (Å²) >= 11 is 0. The molecule has 138 valence electrons. The Labute approximate surface area is 155 Å². The molecule has 1 aliphatic rings. The number of para-hydroxylation sites is 2. The molecule has 0 unspecified atom stereocenters. The SMILES string of the molecule is COc1ccccc1N1CCN(CC(=O)Nc2cc(C)cc(C)c2)CC1. The molecule has 0 atom stereocenters. The van der Waals surface area contributed by atoms with Gasteiger partial charge in [0.25, 0.3) is 0 Å². The van der Waals surface area contributed by atoms with E-state index in [4.69, 9.17) is 4.74 Å². The summed E-state index contributed by atoms with van der Waals surface area (Å²) in [7, 11) is 1.70. The molecule has 5 heteroatoms. The van der Waals surface area contributed by atoms with Crippen LogP contribution in [0.3, 0.4) is 0 Å². The molecule has 0 bridgehead atoms. The number of nitrogens with one attached hydrogen (secondary N) is 1. The summed E-state index contributed by atoms with van der Waals surface area (Å²) in [5, 5.41) is 3.02. The number of piperazine rings is 1. The molecule has 0 radical (unpaired) electrons. The topological polar surface area (TPSA) is 44.8 Å². The van der Waals surface area contributed by atoms with Gasteiger partial charge in [-0.3, -0.25) is 9.69 Å². The van der Waals surface area contributed by atoms with E-state index < -0.39 is 0 Å². The van der Waals surface area contributed by atoms with Gasteiger partial charge in [0.1, 0.15) is 5.75 Å². The summed E-state index contributed by atoms with van der Waals surface area (Å²) in [5.41, 5.74) is 4.31. The number of benzene rings is 2. The first-order valence-corrected chi connectivity index (χ1v) is 9.03. The lowest BCUT2D eigenvalue weighted by atomic mass is 10.1. The predicted molar refractivity (Wildman–Crippen MR) is 106 cm³/mol. The first kappa shape index (κ1) is 18.3. The van der Waals surface area contributed by atoms with E-state index in [9.17, 15) is 4.79 Å². The molecule has 1 heterocycles. The van der Waals surface area contributed by atoms with Gasteiger partial charge in [-0.2, -0.15) is 0 Å². The number of hydrogen-bond acceptors (Lipinski definition) is 4. The molecule has 1 N–H and O–H groups in total. The normalized spacial score (nSPS) is 15.0. The largest absolute Gasteiger partial charge is 0.495 e. The van der Waals surface area contributed by atoms with Gasteiger partial charge >= 0.3 is 0 Å². The number of anilines is 2. The van der Waals surface area contributed by atoms with E-state index in [0.717, 1.165) is 54.4 Å². The van der Waals surface area contributed by atoms with Crippen molar-refractivity contribution in [2.24, 2.45) is 0 Å². The maximum absolute atomic E-state index is 12.4. The van der Waals surface area contributed by atoms with E-state index in [1.807, 2.05) is 44.2 Å². The van der Waals surface area contributed by atoms with E-state index >= 15 is 0 Å². The highest BCUT2D eigenvalue weighted by Gasteiger charge is 2.21. The van der Waals surface area contributed by atoms with Crippen molar-refractivity contribution in [2.45, 2.75) is 13.8 Å². The van der Waals surface area contributed by atoms with Crippen molar-refractivity contribution in [1.82, 2.24) is 4.90 Å². The van der Waals surface area contributed by atoms with Gasteiger partial charge < -0.3 is 15.0 Å². The van der Waals surface area contributed by atoms with Crippen LogP contribution in [0.15, 0.2) is 42.5 Å². The second-order valence-electron chi connectivity index (χ2n) is 6.86. The molecule has 1 fully saturated rings. The van der Waals surface area contributed by atoms with Crippen LogP contribution >= 0.6 is 0 Å². The smallest absolute Gasteiger partial charge is 0.238 e. The van der Waals surface area contributed by atoms with Crippen LogP contribution in [0.1, 0.15) is 11.1 Å². The van der Waals surface area contributed by atoms with E-state index in [2.05, 4.69) is 27.2 Å². The minimum Gasteiger partial charge on any atom is -0.495 e. The minimum absolute atomic E-state index is 0.0424. The first-order valence-electron chi connectivity index (χ1n) is 9.03. The highest BCUT2D eigenvalue weighted by atomic mass is 16.5. The lowest BCUT2D eigenvalue weighted by Crippen LogP contribution is -2.48. The number of hydrogen-bond donors (Lipinski definition) is 1. The van der Waals surface area contributed by atoms with Crippen LogP contribution in [0.25, 0.3) is 0 Å².